The molecule has 142 valence electrons. The van der Waals surface area contributed by atoms with Gasteiger partial charge in [-0.1, -0.05) is 35.3 Å². The van der Waals surface area contributed by atoms with E-state index >= 15 is 0 Å². The molecule has 1 aromatic carbocycles. The van der Waals surface area contributed by atoms with Gasteiger partial charge < -0.3 is 10.1 Å². The lowest BCUT2D eigenvalue weighted by atomic mass is 9.99. The molecule has 0 saturated heterocycles. The van der Waals surface area contributed by atoms with E-state index in [1.54, 1.807) is 23.0 Å². The average Bonchev–Trinajstić information content (AvgIpc) is 3.06. The number of amides is 1. The lowest BCUT2D eigenvalue weighted by molar-refractivity contribution is -0.143. The SMILES string of the molecule is O=C(COC(=O)C1=C(Cl)CCCC1)Nc1ccnn1Cc1cccc(Cl)c1. The van der Waals surface area contributed by atoms with Crippen LogP contribution in [0.25, 0.3) is 0 Å². The number of allylic oxidation sites excluding steroid dienone is 1. The molecule has 1 amide bonds. The second kappa shape index (κ2) is 9.06. The fourth-order valence-corrected chi connectivity index (χ4v) is 3.37. The fourth-order valence-electron chi connectivity index (χ4n) is 2.85. The van der Waals surface area contributed by atoms with Crippen molar-refractivity contribution in [2.75, 3.05) is 11.9 Å². The number of nitrogens with one attached hydrogen (secondary N) is 1. The minimum absolute atomic E-state index is 0.380. The largest absolute Gasteiger partial charge is 0.452 e. The molecular formula is C19H19Cl2N3O3. The summed E-state index contributed by atoms with van der Waals surface area (Å²) in [6, 6.07) is 9.06. The van der Waals surface area contributed by atoms with Crippen LogP contribution in [0.15, 0.2) is 47.1 Å². The average molecular weight is 408 g/mol. The first kappa shape index (κ1) is 19.5. The summed E-state index contributed by atoms with van der Waals surface area (Å²) in [6.45, 7) is 0.0697. The molecule has 0 bridgehead atoms. The topological polar surface area (TPSA) is 73.2 Å². The van der Waals surface area contributed by atoms with Crippen LogP contribution in [0, 0.1) is 0 Å². The zero-order chi connectivity index (χ0) is 19.2. The molecule has 0 spiro atoms. The Morgan fingerprint density at radius 2 is 2.00 bits per heavy atom. The molecule has 0 saturated carbocycles. The van der Waals surface area contributed by atoms with E-state index in [9.17, 15) is 9.59 Å². The van der Waals surface area contributed by atoms with E-state index in [2.05, 4.69) is 10.4 Å². The third kappa shape index (κ3) is 5.34. The summed E-state index contributed by atoms with van der Waals surface area (Å²) in [4.78, 5) is 24.2. The van der Waals surface area contributed by atoms with Crippen molar-refractivity contribution in [1.82, 2.24) is 9.78 Å². The van der Waals surface area contributed by atoms with Crippen molar-refractivity contribution < 1.29 is 14.3 Å². The maximum atomic E-state index is 12.1. The zero-order valence-electron chi connectivity index (χ0n) is 14.6. The summed E-state index contributed by atoms with van der Waals surface area (Å²) in [5.74, 6) is -0.461. The molecule has 1 aliphatic carbocycles. The third-order valence-electron chi connectivity index (χ3n) is 4.19. The van der Waals surface area contributed by atoms with Crippen LogP contribution in [0.2, 0.25) is 5.02 Å². The standard InChI is InChI=1S/C19H19Cl2N3O3/c20-14-5-3-4-13(10-14)11-24-17(8-9-22-24)23-18(25)12-27-19(26)15-6-1-2-7-16(15)21/h3-5,8-10H,1-2,6-7,11-12H2,(H,23,25). The monoisotopic (exact) mass is 407 g/mol. The van der Waals surface area contributed by atoms with E-state index in [-0.39, 0.29) is 6.61 Å². The Bertz CT molecular complexity index is 877. The lowest BCUT2D eigenvalue weighted by Crippen LogP contribution is -2.24. The molecule has 3 rings (SSSR count). The van der Waals surface area contributed by atoms with Crippen LogP contribution < -0.4 is 5.32 Å². The molecule has 0 aliphatic heterocycles. The highest BCUT2D eigenvalue weighted by Crippen LogP contribution is 2.28. The van der Waals surface area contributed by atoms with Crippen molar-refractivity contribution in [1.29, 1.82) is 0 Å². The van der Waals surface area contributed by atoms with Gasteiger partial charge in [0.2, 0.25) is 0 Å². The number of hydrogen-bond donors (Lipinski definition) is 1. The number of hydrogen-bond acceptors (Lipinski definition) is 4. The van der Waals surface area contributed by atoms with Crippen molar-refractivity contribution in [2.45, 2.75) is 32.2 Å². The Morgan fingerprint density at radius 3 is 2.78 bits per heavy atom. The first-order chi connectivity index (χ1) is 13.0. The smallest absolute Gasteiger partial charge is 0.335 e. The molecule has 8 heteroatoms. The Morgan fingerprint density at radius 1 is 1.19 bits per heavy atom. The van der Waals surface area contributed by atoms with Gasteiger partial charge in [0.05, 0.1) is 18.3 Å². The summed E-state index contributed by atoms with van der Waals surface area (Å²) in [7, 11) is 0. The molecule has 27 heavy (non-hydrogen) atoms. The summed E-state index contributed by atoms with van der Waals surface area (Å²) in [5.41, 5.74) is 1.42. The first-order valence-electron chi connectivity index (χ1n) is 8.63. The van der Waals surface area contributed by atoms with Crippen LogP contribution in [0.1, 0.15) is 31.2 Å². The van der Waals surface area contributed by atoms with Gasteiger partial charge in [-0.2, -0.15) is 5.10 Å². The lowest BCUT2D eigenvalue weighted by Gasteiger charge is -2.15. The number of ether oxygens (including phenoxy) is 1. The molecule has 0 fully saturated rings. The summed E-state index contributed by atoms with van der Waals surface area (Å²) in [5, 5.41) is 8.06. The van der Waals surface area contributed by atoms with Gasteiger partial charge in [-0.25, -0.2) is 9.48 Å². The highest BCUT2D eigenvalue weighted by Gasteiger charge is 2.20. The normalized spacial score (nSPS) is 14.1. The molecule has 1 aliphatic rings. The van der Waals surface area contributed by atoms with Gasteiger partial charge in [-0.15, -0.1) is 0 Å². The Labute approximate surface area is 167 Å². The number of carbonyl (C=O) groups excluding carboxylic acids is 2. The Balaban J connectivity index is 1.56. The highest BCUT2D eigenvalue weighted by molar-refractivity contribution is 6.31. The number of anilines is 1. The van der Waals surface area contributed by atoms with Crippen molar-refractivity contribution in [3.63, 3.8) is 0 Å². The minimum Gasteiger partial charge on any atom is -0.452 e. The molecule has 0 unspecified atom stereocenters. The van der Waals surface area contributed by atoms with E-state index in [1.807, 2.05) is 18.2 Å². The van der Waals surface area contributed by atoms with Gasteiger partial charge in [0, 0.05) is 16.1 Å². The van der Waals surface area contributed by atoms with E-state index in [4.69, 9.17) is 27.9 Å². The van der Waals surface area contributed by atoms with Crippen molar-refractivity contribution >= 4 is 40.9 Å². The number of rotatable bonds is 6. The van der Waals surface area contributed by atoms with Gasteiger partial charge in [-0.3, -0.25) is 4.79 Å². The molecule has 0 radical (unpaired) electrons. The predicted molar refractivity (Wildman–Crippen MR) is 104 cm³/mol. The Hall–Kier alpha value is -2.31. The number of aromatic nitrogens is 2. The molecule has 2 aromatic rings. The van der Waals surface area contributed by atoms with Crippen LogP contribution in [-0.2, 0) is 20.9 Å². The van der Waals surface area contributed by atoms with E-state index in [0.29, 0.717) is 40.8 Å². The third-order valence-corrected chi connectivity index (χ3v) is 4.84. The quantitative estimate of drug-likeness (QED) is 0.730. The van der Waals surface area contributed by atoms with Crippen LogP contribution in [0.4, 0.5) is 5.82 Å². The van der Waals surface area contributed by atoms with Gasteiger partial charge >= 0.3 is 5.97 Å². The molecule has 1 heterocycles. The van der Waals surface area contributed by atoms with Gasteiger partial charge in [0.15, 0.2) is 6.61 Å². The van der Waals surface area contributed by atoms with Gasteiger partial charge in [0.1, 0.15) is 5.82 Å². The summed E-state index contributed by atoms with van der Waals surface area (Å²) >= 11 is 12.1. The number of carbonyl (C=O) groups is 2. The predicted octanol–water partition coefficient (Wildman–Crippen LogP) is 4.13. The maximum absolute atomic E-state index is 12.1. The van der Waals surface area contributed by atoms with Crippen LogP contribution in [0.5, 0.6) is 0 Å². The molecule has 1 aromatic heterocycles. The number of halogens is 2. The van der Waals surface area contributed by atoms with Crippen molar-refractivity contribution in [3.05, 3.63) is 57.7 Å². The number of benzene rings is 1. The van der Waals surface area contributed by atoms with Crippen LogP contribution >= 0.6 is 23.2 Å². The molecule has 1 N–H and O–H groups in total. The molecule has 0 atom stereocenters. The second-order valence-electron chi connectivity index (χ2n) is 6.22. The van der Waals surface area contributed by atoms with E-state index < -0.39 is 11.9 Å². The number of nitrogens with zero attached hydrogens (tertiary/aromatic N) is 2. The van der Waals surface area contributed by atoms with E-state index in [1.165, 1.54) is 0 Å². The van der Waals surface area contributed by atoms with Crippen molar-refractivity contribution in [2.24, 2.45) is 0 Å². The minimum atomic E-state index is -0.526. The first-order valence-corrected chi connectivity index (χ1v) is 9.39. The molecule has 6 nitrogen and oxygen atoms in total. The fraction of sp³-hybridized carbons (Fsp3) is 0.316. The highest BCUT2D eigenvalue weighted by atomic mass is 35.5. The summed E-state index contributed by atoms with van der Waals surface area (Å²) in [6.07, 6.45) is 4.72. The van der Waals surface area contributed by atoms with Crippen LogP contribution in [-0.4, -0.2) is 28.3 Å². The zero-order valence-corrected chi connectivity index (χ0v) is 16.1. The van der Waals surface area contributed by atoms with Gasteiger partial charge in [-0.05, 0) is 43.4 Å². The molecular weight excluding hydrogens is 389 g/mol. The van der Waals surface area contributed by atoms with Crippen LogP contribution in [0.3, 0.4) is 0 Å². The Kier molecular flexibility index (Phi) is 6.53. The van der Waals surface area contributed by atoms with Crippen molar-refractivity contribution in [3.8, 4) is 0 Å². The summed E-state index contributed by atoms with van der Waals surface area (Å²) < 4.78 is 6.73. The second-order valence-corrected chi connectivity index (χ2v) is 7.11. The number of esters is 1. The van der Waals surface area contributed by atoms with Gasteiger partial charge in [0.25, 0.3) is 5.91 Å². The van der Waals surface area contributed by atoms with E-state index in [0.717, 1.165) is 18.4 Å². The maximum Gasteiger partial charge on any atom is 0.335 e.